The van der Waals surface area contributed by atoms with Gasteiger partial charge in [-0.25, -0.2) is 0 Å². The first-order valence-electron chi connectivity index (χ1n) is 7.61. The second-order valence-corrected chi connectivity index (χ2v) is 6.04. The molecule has 2 aromatic carbocycles. The summed E-state index contributed by atoms with van der Waals surface area (Å²) in [6.45, 7) is 6.93. The van der Waals surface area contributed by atoms with Crippen LogP contribution in [-0.4, -0.2) is 17.7 Å². The molecule has 0 amide bonds. The minimum Gasteiger partial charge on any atom is -0.385 e. The lowest BCUT2D eigenvalue weighted by atomic mass is 9.86. The number of nitrogens with one attached hydrogen (secondary N) is 1. The summed E-state index contributed by atoms with van der Waals surface area (Å²) in [5, 5.41) is 14.3. The van der Waals surface area contributed by atoms with Gasteiger partial charge in [0, 0.05) is 6.04 Å². The Bertz CT molecular complexity index is 561. The summed E-state index contributed by atoms with van der Waals surface area (Å²) in [5.41, 5.74) is 2.40. The Morgan fingerprint density at radius 2 is 1.62 bits per heavy atom. The van der Waals surface area contributed by atoms with Gasteiger partial charge >= 0.3 is 0 Å². The van der Waals surface area contributed by atoms with E-state index >= 15 is 0 Å². The van der Waals surface area contributed by atoms with E-state index in [-0.39, 0.29) is 0 Å². The maximum absolute atomic E-state index is 10.9. The quantitative estimate of drug-likeness (QED) is 0.841. The van der Waals surface area contributed by atoms with Crippen LogP contribution in [-0.2, 0) is 5.60 Å². The lowest BCUT2D eigenvalue weighted by Crippen LogP contribution is -2.31. The first kappa shape index (κ1) is 15.7. The van der Waals surface area contributed by atoms with Crippen molar-refractivity contribution in [2.75, 3.05) is 6.54 Å². The molecule has 2 heteroatoms. The van der Waals surface area contributed by atoms with Gasteiger partial charge < -0.3 is 10.4 Å². The van der Waals surface area contributed by atoms with Crippen molar-refractivity contribution in [2.24, 2.45) is 0 Å². The van der Waals surface area contributed by atoms with Crippen LogP contribution in [0.15, 0.2) is 54.6 Å². The van der Waals surface area contributed by atoms with E-state index in [1.54, 1.807) is 0 Å². The number of hydrogen-bond acceptors (Lipinski definition) is 2. The molecule has 0 heterocycles. The largest absolute Gasteiger partial charge is 0.385 e. The minimum absolute atomic E-state index is 0.435. The molecule has 2 N–H and O–H groups in total. The van der Waals surface area contributed by atoms with Gasteiger partial charge in [-0.3, -0.25) is 0 Å². The molecule has 2 nitrogen and oxygen atoms in total. The SMILES string of the molecule is CC(C)NCCC(C)(O)c1ccccc1-c1ccccc1. The van der Waals surface area contributed by atoms with Gasteiger partial charge in [0.1, 0.15) is 0 Å². The van der Waals surface area contributed by atoms with Gasteiger partial charge in [-0.15, -0.1) is 0 Å². The van der Waals surface area contributed by atoms with Gasteiger partial charge in [0.05, 0.1) is 5.60 Å². The molecular formula is C19H25NO. The zero-order valence-electron chi connectivity index (χ0n) is 13.1. The van der Waals surface area contributed by atoms with E-state index in [1.807, 2.05) is 43.3 Å². The Kier molecular flexibility index (Phi) is 5.16. The molecule has 2 rings (SSSR count). The molecule has 0 saturated carbocycles. The van der Waals surface area contributed by atoms with Gasteiger partial charge in [0.15, 0.2) is 0 Å². The van der Waals surface area contributed by atoms with Crippen LogP contribution < -0.4 is 5.32 Å². The van der Waals surface area contributed by atoms with Crippen LogP contribution in [0.4, 0.5) is 0 Å². The van der Waals surface area contributed by atoms with Gasteiger partial charge in [-0.05, 0) is 36.6 Å². The second-order valence-electron chi connectivity index (χ2n) is 6.04. The smallest absolute Gasteiger partial charge is 0.0886 e. The summed E-state index contributed by atoms with van der Waals surface area (Å²) in [6, 6.07) is 18.8. The predicted octanol–water partition coefficient (Wildman–Crippen LogP) is 3.95. The molecule has 1 unspecified atom stereocenters. The van der Waals surface area contributed by atoms with Crippen LogP contribution in [0.5, 0.6) is 0 Å². The highest BCUT2D eigenvalue weighted by molar-refractivity contribution is 5.68. The van der Waals surface area contributed by atoms with Crippen molar-refractivity contribution in [1.82, 2.24) is 5.32 Å². The fourth-order valence-corrected chi connectivity index (χ4v) is 2.56. The molecule has 0 radical (unpaired) electrons. The molecule has 1 atom stereocenters. The third-order valence-electron chi connectivity index (χ3n) is 3.76. The van der Waals surface area contributed by atoms with Crippen molar-refractivity contribution in [1.29, 1.82) is 0 Å². The summed E-state index contributed by atoms with van der Waals surface area (Å²) in [7, 11) is 0. The first-order valence-corrected chi connectivity index (χ1v) is 7.61. The topological polar surface area (TPSA) is 32.3 Å². The van der Waals surface area contributed by atoms with E-state index in [2.05, 4.69) is 37.4 Å². The van der Waals surface area contributed by atoms with Crippen LogP contribution in [0, 0.1) is 0 Å². The molecule has 112 valence electrons. The Morgan fingerprint density at radius 1 is 1.00 bits per heavy atom. The normalized spacial score (nSPS) is 14.1. The zero-order valence-corrected chi connectivity index (χ0v) is 13.1. The molecule has 0 aromatic heterocycles. The molecule has 0 spiro atoms. The maximum atomic E-state index is 10.9. The average Bonchev–Trinajstić information content (AvgIpc) is 2.47. The molecule has 0 bridgehead atoms. The summed E-state index contributed by atoms with van der Waals surface area (Å²) in [6.07, 6.45) is 0.690. The maximum Gasteiger partial charge on any atom is 0.0886 e. The number of rotatable bonds is 6. The summed E-state index contributed by atoms with van der Waals surface area (Å²) < 4.78 is 0. The third-order valence-corrected chi connectivity index (χ3v) is 3.76. The van der Waals surface area contributed by atoms with Gasteiger partial charge in [-0.2, -0.15) is 0 Å². The fraction of sp³-hybridized carbons (Fsp3) is 0.368. The highest BCUT2D eigenvalue weighted by atomic mass is 16.3. The van der Waals surface area contributed by atoms with Crippen molar-refractivity contribution in [3.05, 3.63) is 60.2 Å². The zero-order chi connectivity index (χ0) is 15.3. The van der Waals surface area contributed by atoms with Gasteiger partial charge in [0.25, 0.3) is 0 Å². The van der Waals surface area contributed by atoms with Crippen molar-refractivity contribution in [3.63, 3.8) is 0 Å². The molecule has 0 aliphatic carbocycles. The van der Waals surface area contributed by atoms with Crippen molar-refractivity contribution in [3.8, 4) is 11.1 Å². The predicted molar refractivity (Wildman–Crippen MR) is 89.2 cm³/mol. The van der Waals surface area contributed by atoms with E-state index in [0.29, 0.717) is 12.5 Å². The van der Waals surface area contributed by atoms with Gasteiger partial charge in [-0.1, -0.05) is 68.4 Å². The average molecular weight is 283 g/mol. The van der Waals surface area contributed by atoms with Crippen LogP contribution in [0.25, 0.3) is 11.1 Å². The molecule has 0 saturated heterocycles. The first-order chi connectivity index (χ1) is 10.0. The molecule has 0 fully saturated rings. The third kappa shape index (κ3) is 4.16. The van der Waals surface area contributed by atoms with Crippen molar-refractivity contribution < 1.29 is 5.11 Å². The Morgan fingerprint density at radius 3 is 2.29 bits per heavy atom. The Hall–Kier alpha value is -1.64. The fourth-order valence-electron chi connectivity index (χ4n) is 2.56. The summed E-state index contributed by atoms with van der Waals surface area (Å²) >= 11 is 0. The van der Waals surface area contributed by atoms with Gasteiger partial charge in [0.2, 0.25) is 0 Å². The molecule has 0 aliphatic rings. The number of hydrogen-bond donors (Lipinski definition) is 2. The van der Waals surface area contributed by atoms with E-state index in [9.17, 15) is 5.11 Å². The van der Waals surface area contributed by atoms with Crippen LogP contribution in [0.2, 0.25) is 0 Å². The lowest BCUT2D eigenvalue weighted by molar-refractivity contribution is 0.0481. The summed E-state index contributed by atoms with van der Waals surface area (Å²) in [4.78, 5) is 0. The number of aliphatic hydroxyl groups is 1. The standard InChI is InChI=1S/C19H25NO/c1-15(2)20-14-13-19(3,21)18-12-8-7-11-17(18)16-9-5-4-6-10-16/h4-12,15,20-21H,13-14H2,1-3H3. The Balaban J connectivity index is 2.27. The number of benzene rings is 2. The molecule has 0 aliphatic heterocycles. The van der Waals surface area contributed by atoms with E-state index < -0.39 is 5.60 Å². The Labute approximate surface area is 127 Å². The highest BCUT2D eigenvalue weighted by Crippen LogP contribution is 2.33. The molecular weight excluding hydrogens is 258 g/mol. The van der Waals surface area contributed by atoms with E-state index in [1.165, 1.54) is 0 Å². The monoisotopic (exact) mass is 283 g/mol. The summed E-state index contributed by atoms with van der Waals surface area (Å²) in [5.74, 6) is 0. The molecule has 2 aromatic rings. The van der Waals surface area contributed by atoms with E-state index in [4.69, 9.17) is 0 Å². The van der Waals surface area contributed by atoms with Crippen LogP contribution >= 0.6 is 0 Å². The second kappa shape index (κ2) is 6.88. The highest BCUT2D eigenvalue weighted by Gasteiger charge is 2.25. The molecule has 21 heavy (non-hydrogen) atoms. The van der Waals surface area contributed by atoms with Crippen LogP contribution in [0.3, 0.4) is 0 Å². The minimum atomic E-state index is -0.839. The van der Waals surface area contributed by atoms with Crippen LogP contribution in [0.1, 0.15) is 32.8 Å². The lowest BCUT2D eigenvalue weighted by Gasteiger charge is -2.27. The van der Waals surface area contributed by atoms with Crippen molar-refractivity contribution >= 4 is 0 Å². The van der Waals surface area contributed by atoms with Crippen molar-refractivity contribution in [2.45, 2.75) is 38.8 Å². The van der Waals surface area contributed by atoms with E-state index in [0.717, 1.165) is 23.2 Å².